The van der Waals surface area contributed by atoms with Crippen molar-refractivity contribution in [3.05, 3.63) is 241 Å². The Bertz CT molecular complexity index is 3470. The minimum Gasteiger partial charge on any atom is -0.0622 e. The van der Waals surface area contributed by atoms with E-state index in [4.69, 9.17) is 0 Å². The molecule has 0 N–H and O–H groups in total. The second-order valence-electron chi connectivity index (χ2n) is 16.5. The molecule has 0 aliphatic heterocycles. The SMILES string of the molecule is CC1(c2ccccc2)c2ccccc2-c2cc3ccc(-c4ccc(-c5c6ccccc6c(-c6ccccc6-c6ccccc6)c6ccc7ccccc7c56)cc4)cc3cc21. The van der Waals surface area contributed by atoms with Gasteiger partial charge in [-0.2, -0.15) is 0 Å². The third kappa shape index (κ3) is 5.17. The first-order chi connectivity index (χ1) is 29.6. The first kappa shape index (κ1) is 34.5. The highest BCUT2D eigenvalue weighted by molar-refractivity contribution is 6.28. The van der Waals surface area contributed by atoms with Gasteiger partial charge < -0.3 is 0 Å². The van der Waals surface area contributed by atoms with Crippen molar-refractivity contribution in [2.75, 3.05) is 0 Å². The molecule has 0 bridgehead atoms. The molecule has 0 nitrogen and oxygen atoms in total. The molecular formula is C60H40. The summed E-state index contributed by atoms with van der Waals surface area (Å²) in [7, 11) is 0. The molecule has 0 heteroatoms. The third-order valence-electron chi connectivity index (χ3n) is 13.3. The van der Waals surface area contributed by atoms with Crippen LogP contribution in [0.5, 0.6) is 0 Å². The molecule has 0 spiro atoms. The van der Waals surface area contributed by atoms with Crippen LogP contribution >= 0.6 is 0 Å². The van der Waals surface area contributed by atoms with Crippen LogP contribution in [0.1, 0.15) is 23.6 Å². The lowest BCUT2D eigenvalue weighted by atomic mass is 9.74. The molecule has 1 unspecified atom stereocenters. The van der Waals surface area contributed by atoms with Gasteiger partial charge in [0, 0.05) is 5.41 Å². The highest BCUT2D eigenvalue weighted by Gasteiger charge is 2.40. The summed E-state index contributed by atoms with van der Waals surface area (Å²) in [6, 6.07) is 83.3. The van der Waals surface area contributed by atoms with Crippen molar-refractivity contribution in [2.24, 2.45) is 0 Å². The van der Waals surface area contributed by atoms with Gasteiger partial charge in [-0.1, -0.05) is 206 Å². The van der Waals surface area contributed by atoms with Gasteiger partial charge >= 0.3 is 0 Å². The predicted molar refractivity (Wildman–Crippen MR) is 256 cm³/mol. The maximum Gasteiger partial charge on any atom is 0.0435 e. The smallest absolute Gasteiger partial charge is 0.0435 e. The van der Waals surface area contributed by atoms with Crippen molar-refractivity contribution in [1.82, 2.24) is 0 Å². The Hall–Kier alpha value is -7.54. The first-order valence-corrected chi connectivity index (χ1v) is 21.0. The summed E-state index contributed by atoms with van der Waals surface area (Å²) >= 11 is 0. The molecule has 0 aromatic heterocycles. The molecule has 0 saturated heterocycles. The molecule has 280 valence electrons. The zero-order valence-electron chi connectivity index (χ0n) is 33.4. The normalized spacial score (nSPS) is 14.5. The largest absolute Gasteiger partial charge is 0.0622 e. The third-order valence-corrected chi connectivity index (χ3v) is 13.3. The fraction of sp³-hybridized carbons (Fsp3) is 0.0333. The van der Waals surface area contributed by atoms with Gasteiger partial charge in [0.1, 0.15) is 0 Å². The maximum atomic E-state index is 2.45. The molecule has 1 aliphatic rings. The second kappa shape index (κ2) is 13.5. The van der Waals surface area contributed by atoms with E-state index in [1.54, 1.807) is 0 Å². The summed E-state index contributed by atoms with van der Waals surface area (Å²) in [6.07, 6.45) is 0. The van der Waals surface area contributed by atoms with Gasteiger partial charge in [-0.15, -0.1) is 0 Å². The van der Waals surface area contributed by atoms with Crippen molar-refractivity contribution in [3.63, 3.8) is 0 Å². The van der Waals surface area contributed by atoms with Gasteiger partial charge in [-0.05, 0) is 141 Å². The molecule has 60 heavy (non-hydrogen) atoms. The Morgan fingerprint density at radius 3 is 1.65 bits per heavy atom. The summed E-state index contributed by atoms with van der Waals surface area (Å²) in [6.45, 7) is 2.40. The van der Waals surface area contributed by atoms with E-state index in [0.717, 1.165) is 0 Å². The fourth-order valence-electron chi connectivity index (χ4n) is 10.4. The van der Waals surface area contributed by atoms with Gasteiger partial charge in [0.15, 0.2) is 0 Å². The Morgan fingerprint density at radius 1 is 0.283 bits per heavy atom. The molecule has 11 aromatic rings. The van der Waals surface area contributed by atoms with E-state index in [0.29, 0.717) is 0 Å². The minimum atomic E-state index is -0.228. The Balaban J connectivity index is 1.03. The van der Waals surface area contributed by atoms with Crippen molar-refractivity contribution in [1.29, 1.82) is 0 Å². The van der Waals surface area contributed by atoms with Crippen molar-refractivity contribution < 1.29 is 0 Å². The van der Waals surface area contributed by atoms with Crippen LogP contribution in [0.4, 0.5) is 0 Å². The van der Waals surface area contributed by atoms with E-state index in [2.05, 4.69) is 231 Å². The van der Waals surface area contributed by atoms with E-state index >= 15 is 0 Å². The second-order valence-corrected chi connectivity index (χ2v) is 16.5. The summed E-state index contributed by atoms with van der Waals surface area (Å²) in [5.41, 5.74) is 16.4. The monoisotopic (exact) mass is 760 g/mol. The Kier molecular flexibility index (Phi) is 7.77. The van der Waals surface area contributed by atoms with Crippen molar-refractivity contribution in [3.8, 4) is 55.6 Å². The molecule has 0 heterocycles. The molecule has 0 radical (unpaired) electrons. The van der Waals surface area contributed by atoms with Gasteiger partial charge in [0.05, 0.1) is 0 Å². The molecule has 1 aliphatic carbocycles. The zero-order valence-corrected chi connectivity index (χ0v) is 33.4. The predicted octanol–water partition coefficient (Wildman–Crippen LogP) is 16.3. The fourth-order valence-corrected chi connectivity index (χ4v) is 10.4. The van der Waals surface area contributed by atoms with Crippen LogP contribution in [0.3, 0.4) is 0 Å². The summed E-state index contributed by atoms with van der Waals surface area (Å²) in [4.78, 5) is 0. The van der Waals surface area contributed by atoms with E-state index in [-0.39, 0.29) is 5.41 Å². The standard InChI is InChI=1S/C60H40/c1-60(46-19-6-3-7-20-46)55-27-15-14-23-49(55)54-37-44-33-32-43(36-45(44)38-56(54)60)39-28-30-42(31-29-39)57-51-25-12-13-26-52(51)58(53-35-34-41-18-8-9-22-48(41)59(53)57)50-24-11-10-21-47(50)40-16-4-2-5-17-40/h2-38H,1H3. The van der Waals surface area contributed by atoms with Crippen LogP contribution < -0.4 is 0 Å². The topological polar surface area (TPSA) is 0 Å². The summed E-state index contributed by atoms with van der Waals surface area (Å²) in [5.74, 6) is 0. The lowest BCUT2D eigenvalue weighted by molar-refractivity contribution is 0.715. The van der Waals surface area contributed by atoms with E-state index in [1.807, 2.05) is 0 Å². The lowest BCUT2D eigenvalue weighted by Gasteiger charge is -2.28. The molecule has 0 saturated carbocycles. The average molecular weight is 761 g/mol. The number of rotatable bonds is 5. The van der Waals surface area contributed by atoms with Crippen molar-refractivity contribution >= 4 is 43.1 Å². The number of fused-ring (bicyclic) bond motifs is 8. The van der Waals surface area contributed by atoms with Crippen LogP contribution in [-0.2, 0) is 5.41 Å². The molecule has 12 rings (SSSR count). The van der Waals surface area contributed by atoms with E-state index in [1.165, 1.54) is 115 Å². The van der Waals surface area contributed by atoms with E-state index in [9.17, 15) is 0 Å². The summed E-state index contributed by atoms with van der Waals surface area (Å²) < 4.78 is 0. The number of hydrogen-bond donors (Lipinski definition) is 0. The Labute approximate surface area is 350 Å². The van der Waals surface area contributed by atoms with Gasteiger partial charge in [0.25, 0.3) is 0 Å². The number of hydrogen-bond acceptors (Lipinski definition) is 0. The Morgan fingerprint density at radius 2 is 0.867 bits per heavy atom. The van der Waals surface area contributed by atoms with Crippen LogP contribution in [0.2, 0.25) is 0 Å². The highest BCUT2D eigenvalue weighted by Crippen LogP contribution is 2.54. The minimum absolute atomic E-state index is 0.228. The van der Waals surface area contributed by atoms with Crippen LogP contribution in [-0.4, -0.2) is 0 Å². The summed E-state index contributed by atoms with van der Waals surface area (Å²) in [5, 5.41) is 10.1. The zero-order chi connectivity index (χ0) is 39.8. The van der Waals surface area contributed by atoms with Crippen LogP contribution in [0.25, 0.3) is 98.7 Å². The molecular weight excluding hydrogens is 721 g/mol. The van der Waals surface area contributed by atoms with Gasteiger partial charge in [-0.25, -0.2) is 0 Å². The van der Waals surface area contributed by atoms with Crippen LogP contribution in [0.15, 0.2) is 224 Å². The lowest BCUT2D eigenvalue weighted by Crippen LogP contribution is -2.22. The molecule has 11 aromatic carbocycles. The first-order valence-electron chi connectivity index (χ1n) is 21.0. The van der Waals surface area contributed by atoms with Crippen LogP contribution in [0, 0.1) is 0 Å². The van der Waals surface area contributed by atoms with Gasteiger partial charge in [0.2, 0.25) is 0 Å². The highest BCUT2D eigenvalue weighted by atomic mass is 14.4. The van der Waals surface area contributed by atoms with E-state index < -0.39 is 0 Å². The maximum absolute atomic E-state index is 2.45. The molecule has 0 amide bonds. The van der Waals surface area contributed by atoms with Gasteiger partial charge in [-0.3, -0.25) is 0 Å². The number of benzene rings is 11. The quantitative estimate of drug-likeness (QED) is 0.121. The molecule has 0 fully saturated rings. The average Bonchev–Trinajstić information content (AvgIpc) is 3.57. The molecule has 1 atom stereocenters. The van der Waals surface area contributed by atoms with Crippen molar-refractivity contribution in [2.45, 2.75) is 12.3 Å².